The molecule has 0 radical (unpaired) electrons. The van der Waals surface area contributed by atoms with Crippen molar-refractivity contribution in [2.45, 2.75) is 50.9 Å². The van der Waals surface area contributed by atoms with Crippen molar-refractivity contribution in [2.24, 2.45) is 5.41 Å². The Bertz CT molecular complexity index is 1070. The lowest BCUT2D eigenvalue weighted by Gasteiger charge is -2.43. The Hall–Kier alpha value is -1.62. The molecule has 8 nitrogen and oxygen atoms in total. The van der Waals surface area contributed by atoms with Crippen molar-refractivity contribution in [1.82, 2.24) is 28.9 Å². The van der Waals surface area contributed by atoms with Crippen LogP contribution < -0.4 is 9.62 Å². The zero-order valence-corrected chi connectivity index (χ0v) is 19.8. The molecule has 5 heterocycles. The van der Waals surface area contributed by atoms with Crippen LogP contribution in [0.25, 0.3) is 5.52 Å². The van der Waals surface area contributed by atoms with Gasteiger partial charge in [0, 0.05) is 55.0 Å². The van der Waals surface area contributed by atoms with Crippen LogP contribution in [0.1, 0.15) is 45.3 Å². The lowest BCUT2D eigenvalue weighted by molar-refractivity contribution is 0.160. The first-order chi connectivity index (χ1) is 14.3. The Labute approximate surface area is 187 Å². The van der Waals surface area contributed by atoms with Crippen molar-refractivity contribution < 1.29 is 4.55 Å². The molecule has 30 heavy (non-hydrogen) atoms. The van der Waals surface area contributed by atoms with Crippen molar-refractivity contribution in [3.8, 4) is 0 Å². The van der Waals surface area contributed by atoms with Crippen LogP contribution in [0.3, 0.4) is 0 Å². The van der Waals surface area contributed by atoms with E-state index in [-0.39, 0.29) is 16.2 Å². The number of piperidine rings is 1. The van der Waals surface area contributed by atoms with E-state index in [1.54, 1.807) is 0 Å². The quantitative estimate of drug-likeness (QED) is 0.566. The van der Waals surface area contributed by atoms with E-state index in [0.29, 0.717) is 0 Å². The highest BCUT2D eigenvalue weighted by atomic mass is 79.9. The Morgan fingerprint density at radius 1 is 1.23 bits per heavy atom. The van der Waals surface area contributed by atoms with Crippen LogP contribution in [0.2, 0.25) is 0 Å². The minimum absolute atomic E-state index is 0.00684. The number of nitrogens with one attached hydrogen (secondary N) is 1. The fourth-order valence-corrected chi connectivity index (χ4v) is 5.98. The summed E-state index contributed by atoms with van der Waals surface area (Å²) in [5.41, 5.74) is 2.15. The van der Waals surface area contributed by atoms with Gasteiger partial charge in [-0.15, -0.1) is 4.72 Å². The SMILES string of the molecule is CC(C)(C)[S+]([O-])N[C@@H]1c2ccnn2CC12CCN(c1nccn3c(Br)ncc13)CC2. The van der Waals surface area contributed by atoms with Gasteiger partial charge in [0.15, 0.2) is 10.6 Å². The van der Waals surface area contributed by atoms with Gasteiger partial charge in [0.25, 0.3) is 0 Å². The van der Waals surface area contributed by atoms with E-state index in [2.05, 4.69) is 51.4 Å². The molecule has 2 atom stereocenters. The number of aromatic nitrogens is 5. The number of hydrogen-bond acceptors (Lipinski definition) is 6. The van der Waals surface area contributed by atoms with Crippen LogP contribution in [0, 0.1) is 5.41 Å². The summed E-state index contributed by atoms with van der Waals surface area (Å²) in [5.74, 6) is 0.962. The topological polar surface area (TPSA) is 86.3 Å². The summed E-state index contributed by atoms with van der Waals surface area (Å²) >= 11 is 2.35. The summed E-state index contributed by atoms with van der Waals surface area (Å²) in [6, 6.07) is 2.10. The fraction of sp³-hybridized carbons (Fsp3) is 0.550. The molecule has 160 valence electrons. The maximum Gasteiger partial charge on any atom is 0.181 e. The Kier molecular flexibility index (Phi) is 4.88. The van der Waals surface area contributed by atoms with Crippen molar-refractivity contribution in [1.29, 1.82) is 0 Å². The highest BCUT2D eigenvalue weighted by Crippen LogP contribution is 2.50. The van der Waals surface area contributed by atoms with Gasteiger partial charge in [0.2, 0.25) is 0 Å². The van der Waals surface area contributed by atoms with E-state index in [1.165, 1.54) is 0 Å². The van der Waals surface area contributed by atoms with Gasteiger partial charge in [-0.1, -0.05) is 0 Å². The number of rotatable bonds is 3. The Morgan fingerprint density at radius 2 is 2.00 bits per heavy atom. The predicted molar refractivity (Wildman–Crippen MR) is 121 cm³/mol. The molecule has 1 unspecified atom stereocenters. The summed E-state index contributed by atoms with van der Waals surface area (Å²) in [4.78, 5) is 11.4. The molecule has 1 fully saturated rings. The van der Waals surface area contributed by atoms with Crippen LogP contribution >= 0.6 is 15.9 Å². The minimum Gasteiger partial charge on any atom is -0.598 e. The molecule has 2 aliphatic heterocycles. The number of hydrogen-bond donors (Lipinski definition) is 1. The summed E-state index contributed by atoms with van der Waals surface area (Å²) < 4.78 is 21.0. The first-order valence-electron chi connectivity index (χ1n) is 10.2. The van der Waals surface area contributed by atoms with Crippen LogP contribution in [0.4, 0.5) is 5.82 Å². The van der Waals surface area contributed by atoms with Crippen LogP contribution in [-0.4, -0.2) is 46.5 Å². The van der Waals surface area contributed by atoms with Crippen molar-refractivity contribution in [2.75, 3.05) is 18.0 Å². The summed E-state index contributed by atoms with van der Waals surface area (Å²) in [7, 11) is 0. The monoisotopic (exact) mass is 491 g/mol. The van der Waals surface area contributed by atoms with Gasteiger partial charge in [-0.2, -0.15) is 5.10 Å². The van der Waals surface area contributed by atoms with Gasteiger partial charge in [-0.05, 0) is 55.6 Å². The molecule has 0 aliphatic carbocycles. The maximum absolute atomic E-state index is 12.9. The maximum atomic E-state index is 12.9. The third-order valence-corrected chi connectivity index (χ3v) is 8.50. The predicted octanol–water partition coefficient (Wildman–Crippen LogP) is 3.08. The number of fused-ring (bicyclic) bond motifs is 2. The van der Waals surface area contributed by atoms with E-state index in [9.17, 15) is 4.55 Å². The summed E-state index contributed by atoms with van der Waals surface area (Å²) in [6.07, 6.45) is 9.40. The second-order valence-electron chi connectivity index (χ2n) is 9.23. The van der Waals surface area contributed by atoms with E-state index in [1.807, 2.05) is 50.0 Å². The van der Waals surface area contributed by atoms with E-state index < -0.39 is 11.4 Å². The lowest BCUT2D eigenvalue weighted by Crippen LogP contribution is -2.50. The van der Waals surface area contributed by atoms with Gasteiger partial charge in [-0.25, -0.2) is 9.97 Å². The van der Waals surface area contributed by atoms with Crippen LogP contribution in [-0.2, 0) is 17.9 Å². The summed E-state index contributed by atoms with van der Waals surface area (Å²) in [6.45, 7) is 8.66. The van der Waals surface area contributed by atoms with Gasteiger partial charge >= 0.3 is 0 Å². The number of halogens is 1. The zero-order valence-electron chi connectivity index (χ0n) is 17.4. The highest BCUT2D eigenvalue weighted by Gasteiger charge is 2.51. The Balaban J connectivity index is 1.40. The normalized spacial score (nSPS) is 22.0. The van der Waals surface area contributed by atoms with Gasteiger partial charge in [0.05, 0.1) is 11.9 Å². The molecule has 0 amide bonds. The standard InChI is InChI=1S/C20H26BrN7OS/c1-19(2,3)30(29)25-16-14-4-7-24-28(14)13-20(16)5-9-26(10-6-20)17-15-12-23-18(21)27(15)11-8-22-17/h4,7-8,11-12,16,25H,5-6,9-10,13H2,1-3H3/t16-,30?/m1/s1. The molecule has 0 bridgehead atoms. The molecule has 1 N–H and O–H groups in total. The molecule has 0 aromatic carbocycles. The van der Waals surface area contributed by atoms with Gasteiger partial charge < -0.3 is 9.45 Å². The third-order valence-electron chi connectivity index (χ3n) is 6.36. The number of anilines is 1. The lowest BCUT2D eigenvalue weighted by atomic mass is 9.73. The van der Waals surface area contributed by atoms with E-state index in [0.717, 1.165) is 54.2 Å². The van der Waals surface area contributed by atoms with Crippen molar-refractivity contribution in [3.63, 3.8) is 0 Å². The highest BCUT2D eigenvalue weighted by molar-refractivity contribution is 9.10. The molecule has 5 rings (SSSR count). The van der Waals surface area contributed by atoms with E-state index >= 15 is 0 Å². The van der Waals surface area contributed by atoms with Crippen LogP contribution in [0.15, 0.2) is 35.6 Å². The molecular formula is C20H26BrN7OS. The van der Waals surface area contributed by atoms with Gasteiger partial charge in [0.1, 0.15) is 16.3 Å². The minimum atomic E-state index is -1.14. The molecule has 10 heteroatoms. The van der Waals surface area contributed by atoms with E-state index in [4.69, 9.17) is 0 Å². The Morgan fingerprint density at radius 3 is 2.73 bits per heavy atom. The van der Waals surface area contributed by atoms with Gasteiger partial charge in [-0.3, -0.25) is 9.08 Å². The first-order valence-corrected chi connectivity index (χ1v) is 12.2. The molecule has 1 saturated heterocycles. The van der Waals surface area contributed by atoms with Crippen molar-refractivity contribution in [3.05, 3.63) is 41.3 Å². The average molecular weight is 492 g/mol. The smallest absolute Gasteiger partial charge is 0.181 e. The molecule has 1 spiro atoms. The molecule has 3 aromatic heterocycles. The third kappa shape index (κ3) is 3.24. The molecule has 2 aliphatic rings. The number of nitrogens with zero attached hydrogens (tertiary/aromatic N) is 6. The fourth-order valence-electron chi connectivity index (χ4n) is 4.63. The van der Waals surface area contributed by atoms with Crippen LogP contribution in [0.5, 0.6) is 0 Å². The largest absolute Gasteiger partial charge is 0.598 e. The van der Waals surface area contributed by atoms with Crippen molar-refractivity contribution >= 4 is 38.6 Å². The first kappa shape index (κ1) is 20.3. The average Bonchev–Trinajstić information content (AvgIpc) is 3.38. The number of imidazole rings is 1. The molecule has 0 saturated carbocycles. The summed E-state index contributed by atoms with van der Waals surface area (Å²) in [5, 5.41) is 4.52. The molecular weight excluding hydrogens is 466 g/mol. The zero-order chi connectivity index (χ0) is 21.1. The second-order valence-corrected chi connectivity index (χ2v) is 11.9. The molecule has 3 aromatic rings. The second kappa shape index (κ2) is 7.22.